The van der Waals surface area contributed by atoms with Gasteiger partial charge in [0.2, 0.25) is 5.91 Å². The molecule has 29 heavy (non-hydrogen) atoms. The summed E-state index contributed by atoms with van der Waals surface area (Å²) in [6.45, 7) is 3.38. The molecule has 0 unspecified atom stereocenters. The number of likely N-dealkylation sites (tertiary alicyclic amines) is 1. The van der Waals surface area contributed by atoms with Crippen LogP contribution in [0.1, 0.15) is 36.4 Å². The highest BCUT2D eigenvalue weighted by molar-refractivity contribution is 9.10. The van der Waals surface area contributed by atoms with Crippen LogP contribution in [0.4, 0.5) is 0 Å². The van der Waals surface area contributed by atoms with Gasteiger partial charge < -0.3 is 14.4 Å². The fraction of sp³-hybridized carbons (Fsp3) is 0.435. The number of ether oxygens (including phenoxy) is 2. The topological polar surface area (TPSA) is 42.0 Å². The molecule has 0 radical (unpaired) electrons. The van der Waals surface area contributed by atoms with E-state index in [4.69, 9.17) is 9.47 Å². The second-order valence-electron chi connectivity index (χ2n) is 7.76. The van der Waals surface area contributed by atoms with Gasteiger partial charge in [0.25, 0.3) is 0 Å². The van der Waals surface area contributed by atoms with Crippen molar-refractivity contribution >= 4 is 21.8 Å². The third-order valence-electron chi connectivity index (χ3n) is 5.62. The van der Waals surface area contributed by atoms with Crippen molar-refractivity contribution in [1.29, 1.82) is 0 Å². The molecule has 1 fully saturated rings. The van der Waals surface area contributed by atoms with Gasteiger partial charge in [0.1, 0.15) is 0 Å². The fourth-order valence-corrected chi connectivity index (χ4v) is 4.29. The predicted octanol–water partition coefficient (Wildman–Crippen LogP) is 4.41. The molecule has 4 rings (SSSR count). The highest BCUT2D eigenvalue weighted by Crippen LogP contribution is 2.37. The van der Waals surface area contributed by atoms with Gasteiger partial charge in [-0.15, -0.1) is 0 Å². The van der Waals surface area contributed by atoms with Crippen LogP contribution in [0.3, 0.4) is 0 Å². The summed E-state index contributed by atoms with van der Waals surface area (Å²) in [5.74, 6) is 1.79. The number of nitrogens with zero attached hydrogens (tertiary/aromatic N) is 2. The third-order valence-corrected chi connectivity index (χ3v) is 6.15. The zero-order valence-electron chi connectivity index (χ0n) is 16.8. The molecule has 2 aromatic carbocycles. The van der Waals surface area contributed by atoms with E-state index in [2.05, 4.69) is 33.0 Å². The summed E-state index contributed by atoms with van der Waals surface area (Å²) in [4.78, 5) is 17.0. The van der Waals surface area contributed by atoms with E-state index in [0.29, 0.717) is 26.3 Å². The van der Waals surface area contributed by atoms with Crippen LogP contribution >= 0.6 is 15.9 Å². The molecule has 2 aromatic rings. The number of fused-ring (bicyclic) bond motifs is 1. The number of rotatable bonds is 5. The lowest BCUT2D eigenvalue weighted by atomic mass is 10.0. The Bertz CT molecular complexity index is 856. The number of amides is 1. The molecule has 0 bridgehead atoms. The highest BCUT2D eigenvalue weighted by atomic mass is 79.9. The predicted molar refractivity (Wildman–Crippen MR) is 116 cm³/mol. The maximum absolute atomic E-state index is 12.9. The van der Waals surface area contributed by atoms with E-state index in [9.17, 15) is 4.79 Å². The Morgan fingerprint density at radius 1 is 1.10 bits per heavy atom. The Kier molecular flexibility index (Phi) is 6.40. The van der Waals surface area contributed by atoms with Crippen molar-refractivity contribution < 1.29 is 14.3 Å². The molecular formula is C23H27BrN2O3. The molecule has 0 aromatic heterocycles. The average molecular weight is 459 g/mol. The summed E-state index contributed by atoms with van der Waals surface area (Å²) >= 11 is 3.45. The monoisotopic (exact) mass is 458 g/mol. The third kappa shape index (κ3) is 4.93. The van der Waals surface area contributed by atoms with E-state index in [-0.39, 0.29) is 11.9 Å². The zero-order valence-corrected chi connectivity index (χ0v) is 18.4. The average Bonchev–Trinajstić information content (AvgIpc) is 3.05. The minimum absolute atomic E-state index is 0.147. The minimum Gasteiger partial charge on any atom is -0.490 e. The molecule has 154 valence electrons. The van der Waals surface area contributed by atoms with E-state index in [1.54, 1.807) is 0 Å². The molecule has 2 heterocycles. The standard InChI is InChI=1S/C23H27BrN2O3/c1-25(15-17-5-8-19(24)9-6-17)23(27)16-26-11-2-4-20(26)18-7-10-21-22(14-18)29-13-3-12-28-21/h5-10,14,20H,2-4,11-13,15-16H2,1H3/t20-/m1/s1. The van der Waals surface area contributed by atoms with Gasteiger partial charge >= 0.3 is 0 Å². The van der Waals surface area contributed by atoms with Crippen LogP contribution in [-0.2, 0) is 11.3 Å². The van der Waals surface area contributed by atoms with Crippen molar-refractivity contribution in [2.24, 2.45) is 0 Å². The first-order valence-corrected chi connectivity index (χ1v) is 11.0. The van der Waals surface area contributed by atoms with Crippen molar-refractivity contribution in [3.63, 3.8) is 0 Å². The largest absolute Gasteiger partial charge is 0.490 e. The maximum atomic E-state index is 12.9. The van der Waals surface area contributed by atoms with Gasteiger partial charge in [-0.25, -0.2) is 0 Å². The zero-order chi connectivity index (χ0) is 20.2. The highest BCUT2D eigenvalue weighted by Gasteiger charge is 2.29. The number of carbonyl (C=O) groups is 1. The summed E-state index contributed by atoms with van der Waals surface area (Å²) in [5.41, 5.74) is 2.33. The molecular weight excluding hydrogens is 432 g/mol. The first-order valence-electron chi connectivity index (χ1n) is 10.2. The van der Waals surface area contributed by atoms with E-state index >= 15 is 0 Å². The summed E-state index contributed by atoms with van der Waals surface area (Å²) in [6.07, 6.45) is 3.06. The second-order valence-corrected chi connectivity index (χ2v) is 8.68. The summed E-state index contributed by atoms with van der Waals surface area (Å²) < 4.78 is 12.7. The van der Waals surface area contributed by atoms with Crippen LogP contribution in [0, 0.1) is 0 Å². The van der Waals surface area contributed by atoms with Crippen LogP contribution in [0.25, 0.3) is 0 Å². The van der Waals surface area contributed by atoms with Crippen LogP contribution in [0.5, 0.6) is 11.5 Å². The van der Waals surface area contributed by atoms with Gasteiger partial charge in [-0.1, -0.05) is 34.1 Å². The number of hydrogen-bond acceptors (Lipinski definition) is 4. The fourth-order valence-electron chi connectivity index (χ4n) is 4.03. The Hall–Kier alpha value is -2.05. The molecule has 1 atom stereocenters. The van der Waals surface area contributed by atoms with Gasteiger partial charge in [-0.05, 0) is 54.8 Å². The first kappa shape index (κ1) is 20.2. The van der Waals surface area contributed by atoms with Gasteiger partial charge in [0, 0.05) is 30.5 Å². The normalized spacial score (nSPS) is 19.0. The second kappa shape index (κ2) is 9.18. The van der Waals surface area contributed by atoms with Crippen LogP contribution in [0.15, 0.2) is 46.9 Å². The van der Waals surface area contributed by atoms with Crippen molar-refractivity contribution in [2.45, 2.75) is 31.8 Å². The van der Waals surface area contributed by atoms with Crippen molar-refractivity contribution in [1.82, 2.24) is 9.80 Å². The van der Waals surface area contributed by atoms with Crippen molar-refractivity contribution in [2.75, 3.05) is 33.4 Å². The smallest absolute Gasteiger partial charge is 0.236 e. The summed E-state index contributed by atoms with van der Waals surface area (Å²) in [6, 6.07) is 14.6. The summed E-state index contributed by atoms with van der Waals surface area (Å²) in [7, 11) is 1.88. The maximum Gasteiger partial charge on any atom is 0.236 e. The van der Waals surface area contributed by atoms with Crippen LogP contribution < -0.4 is 9.47 Å². The Balaban J connectivity index is 1.41. The summed E-state index contributed by atoms with van der Waals surface area (Å²) in [5, 5.41) is 0. The first-order chi connectivity index (χ1) is 14.1. The number of hydrogen-bond donors (Lipinski definition) is 0. The van der Waals surface area contributed by atoms with Crippen molar-refractivity contribution in [3.05, 3.63) is 58.1 Å². The quantitative estimate of drug-likeness (QED) is 0.665. The SMILES string of the molecule is CN(Cc1ccc(Br)cc1)C(=O)CN1CCC[C@@H]1c1ccc2c(c1)OCCCO2. The van der Waals surface area contributed by atoms with Gasteiger partial charge in [-0.3, -0.25) is 9.69 Å². The van der Waals surface area contributed by atoms with E-state index < -0.39 is 0 Å². The van der Waals surface area contributed by atoms with Crippen LogP contribution in [0.2, 0.25) is 0 Å². The van der Waals surface area contributed by atoms with Gasteiger partial charge in [-0.2, -0.15) is 0 Å². The van der Waals surface area contributed by atoms with E-state index in [0.717, 1.165) is 47.3 Å². The Labute approximate surface area is 180 Å². The van der Waals surface area contributed by atoms with Gasteiger partial charge in [0.05, 0.1) is 19.8 Å². The molecule has 5 nitrogen and oxygen atoms in total. The molecule has 1 amide bonds. The molecule has 0 saturated carbocycles. The minimum atomic E-state index is 0.147. The molecule has 6 heteroatoms. The number of benzene rings is 2. The Morgan fingerprint density at radius 2 is 1.86 bits per heavy atom. The molecule has 0 N–H and O–H groups in total. The van der Waals surface area contributed by atoms with E-state index in [1.807, 2.05) is 42.3 Å². The molecule has 2 aliphatic rings. The number of halogens is 1. The lowest BCUT2D eigenvalue weighted by Gasteiger charge is -2.27. The van der Waals surface area contributed by atoms with Crippen LogP contribution in [-0.4, -0.2) is 49.1 Å². The molecule has 0 spiro atoms. The van der Waals surface area contributed by atoms with Crippen molar-refractivity contribution in [3.8, 4) is 11.5 Å². The molecule has 0 aliphatic carbocycles. The molecule has 2 aliphatic heterocycles. The number of likely N-dealkylation sites (N-methyl/N-ethyl adjacent to an activating group) is 1. The lowest BCUT2D eigenvalue weighted by molar-refractivity contribution is -0.131. The Morgan fingerprint density at radius 3 is 2.66 bits per heavy atom. The molecule has 1 saturated heterocycles. The number of carbonyl (C=O) groups excluding carboxylic acids is 1. The lowest BCUT2D eigenvalue weighted by Crippen LogP contribution is -2.37. The van der Waals surface area contributed by atoms with E-state index in [1.165, 1.54) is 5.56 Å². The van der Waals surface area contributed by atoms with Gasteiger partial charge in [0.15, 0.2) is 11.5 Å².